The number of nitrogens with zero attached hydrogens (tertiary/aromatic N) is 3. The Bertz CT molecular complexity index is 1090. The van der Waals surface area contributed by atoms with Gasteiger partial charge in [0.15, 0.2) is 11.5 Å². The molecule has 0 aliphatic carbocycles. The van der Waals surface area contributed by atoms with E-state index in [4.69, 9.17) is 9.47 Å². The number of aromatic hydroxyl groups is 1. The first-order valence-corrected chi connectivity index (χ1v) is 10.7. The molecule has 0 amide bonds. The second kappa shape index (κ2) is 9.18. The van der Waals surface area contributed by atoms with Crippen molar-refractivity contribution in [1.29, 1.82) is 0 Å². The molecule has 2 aromatic rings. The molecule has 11 nitrogen and oxygen atoms in total. The summed E-state index contributed by atoms with van der Waals surface area (Å²) in [6.45, 7) is 0.806. The van der Waals surface area contributed by atoms with Gasteiger partial charge in [-0.3, -0.25) is 15.5 Å². The van der Waals surface area contributed by atoms with Gasteiger partial charge in [0, 0.05) is 24.7 Å². The van der Waals surface area contributed by atoms with Gasteiger partial charge >= 0.3 is 0 Å². The number of sulfonamides is 1. The molecule has 3 rings (SSSR count). The molecule has 0 spiro atoms. The van der Waals surface area contributed by atoms with Crippen molar-refractivity contribution in [1.82, 2.24) is 4.31 Å². The maximum Gasteiger partial charge on any atom is 0.295 e. The molecule has 31 heavy (non-hydrogen) atoms. The van der Waals surface area contributed by atoms with Crippen LogP contribution in [0.4, 0.5) is 11.4 Å². The largest absolute Gasteiger partial charge is 0.502 e. The van der Waals surface area contributed by atoms with Gasteiger partial charge in [-0.05, 0) is 37.1 Å². The summed E-state index contributed by atoms with van der Waals surface area (Å²) >= 11 is 0. The number of nitrogens with one attached hydrogen (secondary N) is 1. The van der Waals surface area contributed by atoms with Gasteiger partial charge in [0.25, 0.3) is 5.69 Å². The van der Waals surface area contributed by atoms with E-state index in [-0.39, 0.29) is 27.8 Å². The van der Waals surface area contributed by atoms with E-state index in [1.807, 2.05) is 0 Å². The Morgan fingerprint density at radius 2 is 1.77 bits per heavy atom. The van der Waals surface area contributed by atoms with Crippen LogP contribution in [0.2, 0.25) is 0 Å². The molecule has 2 aromatic carbocycles. The Kier molecular flexibility index (Phi) is 6.61. The Hall–Kier alpha value is -3.38. The van der Waals surface area contributed by atoms with Crippen molar-refractivity contribution in [2.45, 2.75) is 17.7 Å². The number of nitro benzene ring substituents is 1. The van der Waals surface area contributed by atoms with Crippen molar-refractivity contribution in [3.8, 4) is 17.2 Å². The molecule has 0 saturated carbocycles. The highest BCUT2D eigenvalue weighted by atomic mass is 32.2. The van der Waals surface area contributed by atoms with E-state index < -0.39 is 20.6 Å². The van der Waals surface area contributed by atoms with Crippen LogP contribution in [-0.4, -0.2) is 56.3 Å². The van der Waals surface area contributed by atoms with Gasteiger partial charge in [0.05, 0.1) is 30.3 Å². The molecule has 1 aliphatic rings. The number of rotatable bonds is 8. The Labute approximate surface area is 179 Å². The zero-order valence-electron chi connectivity index (χ0n) is 16.9. The minimum absolute atomic E-state index is 0.0272. The summed E-state index contributed by atoms with van der Waals surface area (Å²) in [5, 5.41) is 25.4. The minimum atomic E-state index is -3.78. The fraction of sp³-hybridized carbons (Fsp3) is 0.316. The summed E-state index contributed by atoms with van der Waals surface area (Å²) in [4.78, 5) is 10.7. The van der Waals surface area contributed by atoms with Crippen molar-refractivity contribution in [3.05, 3.63) is 46.0 Å². The standard InChI is InChI=1S/C19H22N4O7S/c1-29-17-9-13(10-18(30-2)19(17)24)12-20-21-15-6-5-14(11-16(15)23(25)26)31(27,28)22-7-3-4-8-22/h5-6,9-12,21,24H,3-4,7-8H2,1-2H3. The minimum Gasteiger partial charge on any atom is -0.502 e. The van der Waals surface area contributed by atoms with E-state index in [1.165, 1.54) is 49.0 Å². The summed E-state index contributed by atoms with van der Waals surface area (Å²) < 4.78 is 36.8. The number of ether oxygens (including phenoxy) is 2. The number of anilines is 1. The fourth-order valence-electron chi connectivity index (χ4n) is 3.16. The third-order valence-corrected chi connectivity index (χ3v) is 6.66. The van der Waals surface area contributed by atoms with Crippen LogP contribution in [0.5, 0.6) is 17.2 Å². The average Bonchev–Trinajstić information content (AvgIpc) is 3.30. The number of hydrazone groups is 1. The van der Waals surface area contributed by atoms with Crippen LogP contribution < -0.4 is 14.9 Å². The second-order valence-electron chi connectivity index (χ2n) is 6.69. The van der Waals surface area contributed by atoms with Gasteiger partial charge in [-0.25, -0.2) is 8.42 Å². The SMILES string of the molecule is COc1cc(C=NNc2ccc(S(=O)(=O)N3CCCC3)cc2[N+](=O)[O-])cc(OC)c1O. The second-order valence-corrected chi connectivity index (χ2v) is 8.63. The lowest BCUT2D eigenvalue weighted by molar-refractivity contribution is -0.384. The number of hydrogen-bond donors (Lipinski definition) is 2. The van der Waals surface area contributed by atoms with E-state index in [0.29, 0.717) is 18.7 Å². The number of benzene rings is 2. The van der Waals surface area contributed by atoms with E-state index in [2.05, 4.69) is 10.5 Å². The number of hydrogen-bond acceptors (Lipinski definition) is 9. The van der Waals surface area contributed by atoms with Crippen LogP contribution in [0.25, 0.3) is 0 Å². The molecule has 2 N–H and O–H groups in total. The molecule has 1 heterocycles. The van der Waals surface area contributed by atoms with Crippen LogP contribution in [-0.2, 0) is 10.0 Å². The van der Waals surface area contributed by atoms with Crippen LogP contribution >= 0.6 is 0 Å². The first-order valence-electron chi connectivity index (χ1n) is 9.30. The number of phenols is 1. The highest BCUT2D eigenvalue weighted by Gasteiger charge is 2.29. The molecular formula is C19H22N4O7S. The lowest BCUT2D eigenvalue weighted by atomic mass is 10.2. The molecule has 0 atom stereocenters. The first kappa shape index (κ1) is 22.3. The van der Waals surface area contributed by atoms with Crippen LogP contribution in [0.1, 0.15) is 18.4 Å². The van der Waals surface area contributed by atoms with Gasteiger partial charge in [0.2, 0.25) is 15.8 Å². The lowest BCUT2D eigenvalue weighted by Crippen LogP contribution is -2.27. The molecule has 1 aliphatic heterocycles. The maximum atomic E-state index is 12.7. The average molecular weight is 450 g/mol. The predicted octanol–water partition coefficient (Wildman–Crippen LogP) is 2.55. The molecular weight excluding hydrogens is 428 g/mol. The lowest BCUT2D eigenvalue weighted by Gasteiger charge is -2.15. The topological polar surface area (TPSA) is 144 Å². The van der Waals surface area contributed by atoms with Gasteiger partial charge < -0.3 is 14.6 Å². The highest BCUT2D eigenvalue weighted by molar-refractivity contribution is 7.89. The van der Waals surface area contributed by atoms with Crippen molar-refractivity contribution in [2.24, 2.45) is 5.10 Å². The van der Waals surface area contributed by atoms with Crippen molar-refractivity contribution in [2.75, 3.05) is 32.7 Å². The molecule has 12 heteroatoms. The van der Waals surface area contributed by atoms with Crippen molar-refractivity contribution in [3.63, 3.8) is 0 Å². The van der Waals surface area contributed by atoms with Crippen LogP contribution in [0.3, 0.4) is 0 Å². The molecule has 1 saturated heterocycles. The summed E-state index contributed by atoms with van der Waals surface area (Å²) in [6.07, 6.45) is 2.88. The monoisotopic (exact) mass is 450 g/mol. The molecule has 0 aromatic heterocycles. The van der Waals surface area contributed by atoms with Gasteiger partial charge in [-0.1, -0.05) is 0 Å². The zero-order chi connectivity index (χ0) is 22.6. The van der Waals surface area contributed by atoms with E-state index in [1.54, 1.807) is 0 Å². The summed E-state index contributed by atoms with van der Waals surface area (Å²) in [5.41, 5.74) is 2.66. The normalized spacial score (nSPS) is 14.6. The summed E-state index contributed by atoms with van der Waals surface area (Å²) in [6, 6.07) is 6.64. The fourth-order valence-corrected chi connectivity index (χ4v) is 4.70. The van der Waals surface area contributed by atoms with Crippen LogP contribution in [0.15, 0.2) is 40.3 Å². The predicted molar refractivity (Wildman–Crippen MR) is 114 cm³/mol. The molecule has 166 valence electrons. The van der Waals surface area contributed by atoms with Gasteiger partial charge in [-0.2, -0.15) is 9.41 Å². The Morgan fingerprint density at radius 1 is 1.16 bits per heavy atom. The maximum absolute atomic E-state index is 12.7. The summed E-state index contributed by atoms with van der Waals surface area (Å²) in [5.74, 6) is 0.173. The highest BCUT2D eigenvalue weighted by Crippen LogP contribution is 2.36. The Balaban J connectivity index is 1.86. The smallest absolute Gasteiger partial charge is 0.295 e. The van der Waals surface area contributed by atoms with E-state index >= 15 is 0 Å². The molecule has 0 unspecified atom stereocenters. The number of nitro groups is 1. The quantitative estimate of drug-likeness (QED) is 0.355. The van der Waals surface area contributed by atoms with Crippen molar-refractivity contribution >= 4 is 27.6 Å². The van der Waals surface area contributed by atoms with Gasteiger partial charge in [-0.15, -0.1) is 0 Å². The van der Waals surface area contributed by atoms with Gasteiger partial charge in [0.1, 0.15) is 5.69 Å². The summed E-state index contributed by atoms with van der Waals surface area (Å²) in [7, 11) is -1.02. The molecule has 0 radical (unpaired) electrons. The van der Waals surface area contributed by atoms with Crippen LogP contribution in [0, 0.1) is 10.1 Å². The van der Waals surface area contributed by atoms with E-state index in [0.717, 1.165) is 18.9 Å². The number of phenolic OH excluding ortho intramolecular Hbond substituents is 1. The third kappa shape index (κ3) is 4.70. The number of methoxy groups -OCH3 is 2. The molecule has 0 bridgehead atoms. The third-order valence-electron chi connectivity index (χ3n) is 4.77. The first-order chi connectivity index (χ1) is 14.8. The zero-order valence-corrected chi connectivity index (χ0v) is 17.8. The Morgan fingerprint density at radius 3 is 2.32 bits per heavy atom. The van der Waals surface area contributed by atoms with Crippen molar-refractivity contribution < 1.29 is 27.9 Å². The van der Waals surface area contributed by atoms with E-state index in [9.17, 15) is 23.6 Å². The molecule has 1 fully saturated rings.